The van der Waals surface area contributed by atoms with Gasteiger partial charge < -0.3 is 10.8 Å². The van der Waals surface area contributed by atoms with Crippen molar-refractivity contribution in [3.8, 4) is 0 Å². The van der Waals surface area contributed by atoms with Gasteiger partial charge in [-0.05, 0) is 10.4 Å². The Balaban J connectivity index is 2.13. The Labute approximate surface area is 111 Å². The minimum atomic E-state index is -1.18. The van der Waals surface area contributed by atoms with Gasteiger partial charge in [0, 0.05) is 18.4 Å². The Hall–Kier alpha value is -1.94. The number of aromatic nitrogens is 4. The molecule has 9 nitrogen and oxygen atoms in total. The zero-order valence-corrected chi connectivity index (χ0v) is 10.7. The second-order valence-electron chi connectivity index (χ2n) is 4.19. The molecule has 1 unspecified atom stereocenters. The van der Waals surface area contributed by atoms with Gasteiger partial charge in [0.15, 0.2) is 5.82 Å². The van der Waals surface area contributed by atoms with Crippen LogP contribution < -0.4 is 5.73 Å². The number of carboxylic acid groups (broad SMARTS) is 1. The summed E-state index contributed by atoms with van der Waals surface area (Å²) in [5.74, 6) is -0.819. The third-order valence-corrected chi connectivity index (χ3v) is 4.40. The third-order valence-electron chi connectivity index (χ3n) is 3.10. The number of hydrogen-bond donors (Lipinski definition) is 2. The fourth-order valence-corrected chi connectivity index (χ4v) is 3.46. The molecule has 0 bridgehead atoms. The molecule has 0 aromatic carbocycles. The van der Waals surface area contributed by atoms with Crippen LogP contribution in [0.1, 0.15) is 5.82 Å². The van der Waals surface area contributed by atoms with Crippen LogP contribution in [0.4, 0.5) is 0 Å². The van der Waals surface area contributed by atoms with E-state index in [2.05, 4.69) is 15.5 Å². The number of tetrazole rings is 1. The van der Waals surface area contributed by atoms with Crippen molar-refractivity contribution < 1.29 is 14.7 Å². The monoisotopic (exact) mass is 282 g/mol. The van der Waals surface area contributed by atoms with E-state index in [0.717, 1.165) is 0 Å². The van der Waals surface area contributed by atoms with E-state index < -0.39 is 12.0 Å². The quantitative estimate of drug-likeness (QED) is 0.611. The molecule has 19 heavy (non-hydrogen) atoms. The van der Waals surface area contributed by atoms with Gasteiger partial charge in [0.2, 0.25) is 5.91 Å². The molecule has 3 N–H and O–H groups in total. The number of carbonyl (C=O) groups is 2. The van der Waals surface area contributed by atoms with Gasteiger partial charge in [-0.3, -0.25) is 9.69 Å². The fourth-order valence-electron chi connectivity index (χ4n) is 2.17. The molecule has 1 aromatic heterocycles. The minimum absolute atomic E-state index is 0.0756. The SMILES string of the molecule is Cn1nnnc1C1=C(C(=O)O)N2C(=O)C(N)[C@@H]2SC1. The lowest BCUT2D eigenvalue weighted by Gasteiger charge is -2.47. The molecule has 2 aliphatic rings. The predicted octanol–water partition coefficient (Wildman–Crippen LogP) is -1.75. The van der Waals surface area contributed by atoms with E-state index in [-0.39, 0.29) is 17.0 Å². The predicted molar refractivity (Wildman–Crippen MR) is 64.4 cm³/mol. The molecule has 0 spiro atoms. The minimum Gasteiger partial charge on any atom is -0.477 e. The molecule has 2 atom stereocenters. The van der Waals surface area contributed by atoms with Crippen molar-refractivity contribution in [3.63, 3.8) is 0 Å². The Morgan fingerprint density at radius 3 is 2.89 bits per heavy atom. The van der Waals surface area contributed by atoms with E-state index >= 15 is 0 Å². The summed E-state index contributed by atoms with van der Waals surface area (Å²) in [7, 11) is 1.61. The summed E-state index contributed by atoms with van der Waals surface area (Å²) in [6.45, 7) is 0. The van der Waals surface area contributed by atoms with Gasteiger partial charge in [-0.15, -0.1) is 16.9 Å². The highest BCUT2D eigenvalue weighted by Gasteiger charge is 2.52. The molecular weight excluding hydrogens is 272 g/mol. The Kier molecular flexibility index (Phi) is 2.57. The number of fused-ring (bicyclic) bond motifs is 1. The number of rotatable bonds is 2. The highest BCUT2D eigenvalue weighted by molar-refractivity contribution is 8.00. The maximum absolute atomic E-state index is 11.7. The van der Waals surface area contributed by atoms with Crippen molar-refractivity contribution in [3.05, 3.63) is 11.5 Å². The van der Waals surface area contributed by atoms with Crippen molar-refractivity contribution in [1.82, 2.24) is 25.1 Å². The van der Waals surface area contributed by atoms with Crippen molar-refractivity contribution >= 4 is 29.2 Å². The molecular formula is C9H10N6O3S. The molecule has 1 aromatic rings. The number of amides is 1. The molecule has 2 aliphatic heterocycles. The average molecular weight is 282 g/mol. The van der Waals surface area contributed by atoms with E-state index in [9.17, 15) is 14.7 Å². The van der Waals surface area contributed by atoms with Crippen molar-refractivity contribution in [1.29, 1.82) is 0 Å². The van der Waals surface area contributed by atoms with Crippen LogP contribution >= 0.6 is 11.8 Å². The summed E-state index contributed by atoms with van der Waals surface area (Å²) in [6.07, 6.45) is 0. The standard InChI is InChI=1S/C9H10N6O3S/c1-14-6(11-12-13-14)3-2-19-8-4(10)7(16)15(8)5(3)9(17)18/h4,8H,2,10H2,1H3,(H,17,18)/t4?,8-/m0/s1. The summed E-state index contributed by atoms with van der Waals surface area (Å²) >= 11 is 1.41. The van der Waals surface area contributed by atoms with Gasteiger partial charge in [-0.1, -0.05) is 0 Å². The summed E-state index contributed by atoms with van der Waals surface area (Å²) in [6, 6.07) is -0.640. The van der Waals surface area contributed by atoms with Crippen LogP contribution in [0, 0.1) is 0 Å². The molecule has 0 radical (unpaired) electrons. The largest absolute Gasteiger partial charge is 0.477 e. The molecule has 0 saturated carbocycles. The molecule has 1 amide bonds. The summed E-state index contributed by atoms with van der Waals surface area (Å²) in [4.78, 5) is 24.4. The van der Waals surface area contributed by atoms with Crippen molar-refractivity contribution in [2.24, 2.45) is 12.8 Å². The van der Waals surface area contributed by atoms with Gasteiger partial charge in [0.1, 0.15) is 17.1 Å². The van der Waals surface area contributed by atoms with Crippen molar-refractivity contribution in [2.75, 3.05) is 5.75 Å². The average Bonchev–Trinajstić information content (AvgIpc) is 2.82. The van der Waals surface area contributed by atoms with E-state index in [1.807, 2.05) is 0 Å². The molecule has 3 rings (SSSR count). The van der Waals surface area contributed by atoms with E-state index in [1.54, 1.807) is 7.05 Å². The maximum Gasteiger partial charge on any atom is 0.353 e. The van der Waals surface area contributed by atoms with Crippen LogP contribution in [0.25, 0.3) is 5.57 Å². The molecule has 1 saturated heterocycles. The lowest BCUT2D eigenvalue weighted by Crippen LogP contribution is -2.68. The Morgan fingerprint density at radius 2 is 2.32 bits per heavy atom. The molecule has 10 heteroatoms. The smallest absolute Gasteiger partial charge is 0.353 e. The van der Waals surface area contributed by atoms with E-state index in [0.29, 0.717) is 17.2 Å². The van der Waals surface area contributed by atoms with Gasteiger partial charge in [-0.2, -0.15) is 0 Å². The molecule has 1 fully saturated rings. The normalized spacial score (nSPS) is 26.2. The second kappa shape index (κ2) is 4.03. The number of thioether (sulfide) groups is 1. The summed E-state index contributed by atoms with van der Waals surface area (Å²) in [5, 5.41) is 20.0. The number of nitrogens with zero attached hydrogens (tertiary/aromatic N) is 5. The van der Waals surface area contributed by atoms with E-state index in [4.69, 9.17) is 5.73 Å². The number of carbonyl (C=O) groups excluding carboxylic acids is 1. The van der Waals surface area contributed by atoms with Crippen LogP contribution in [-0.2, 0) is 16.6 Å². The Morgan fingerprint density at radius 1 is 1.58 bits per heavy atom. The first-order valence-electron chi connectivity index (χ1n) is 5.41. The maximum atomic E-state index is 11.7. The van der Waals surface area contributed by atoms with Crippen molar-refractivity contribution in [2.45, 2.75) is 11.4 Å². The van der Waals surface area contributed by atoms with Gasteiger partial charge in [-0.25, -0.2) is 9.48 Å². The van der Waals surface area contributed by atoms with Crippen LogP contribution in [0.2, 0.25) is 0 Å². The number of hydrogen-bond acceptors (Lipinski definition) is 7. The van der Waals surface area contributed by atoms with Gasteiger partial charge in [0.25, 0.3) is 0 Å². The zero-order valence-electron chi connectivity index (χ0n) is 9.85. The van der Waals surface area contributed by atoms with E-state index in [1.165, 1.54) is 21.3 Å². The van der Waals surface area contributed by atoms with Gasteiger partial charge in [0.05, 0.1) is 0 Å². The third kappa shape index (κ3) is 1.56. The number of aliphatic carboxylic acids is 1. The highest BCUT2D eigenvalue weighted by atomic mass is 32.2. The van der Waals surface area contributed by atoms with Crippen LogP contribution in [-0.4, -0.2) is 59.3 Å². The first kappa shape index (κ1) is 12.1. The lowest BCUT2D eigenvalue weighted by molar-refractivity contribution is -0.147. The number of nitrogens with two attached hydrogens (primary N) is 1. The van der Waals surface area contributed by atoms with Crippen LogP contribution in [0.15, 0.2) is 5.70 Å². The summed E-state index contributed by atoms with van der Waals surface area (Å²) in [5.41, 5.74) is 6.02. The van der Waals surface area contributed by atoms with Gasteiger partial charge >= 0.3 is 5.97 Å². The zero-order chi connectivity index (χ0) is 13.7. The topological polar surface area (TPSA) is 127 Å². The number of carboxylic acids is 1. The summed E-state index contributed by atoms with van der Waals surface area (Å²) < 4.78 is 1.38. The molecule has 3 heterocycles. The highest BCUT2D eigenvalue weighted by Crippen LogP contribution is 2.41. The number of aryl methyl sites for hydroxylation is 1. The molecule has 100 valence electrons. The van der Waals surface area contributed by atoms with Crippen LogP contribution in [0.3, 0.4) is 0 Å². The Bertz CT molecular complexity index is 611. The molecule has 0 aliphatic carbocycles. The van der Waals surface area contributed by atoms with Crippen LogP contribution in [0.5, 0.6) is 0 Å². The lowest BCUT2D eigenvalue weighted by atomic mass is 10.0. The first-order valence-corrected chi connectivity index (χ1v) is 6.46. The second-order valence-corrected chi connectivity index (χ2v) is 5.30. The fraction of sp³-hybridized carbons (Fsp3) is 0.444. The number of β-lactam (4-membered cyclic amide) rings is 1. The first-order chi connectivity index (χ1) is 9.02.